The second kappa shape index (κ2) is 11.6. The van der Waals surface area contributed by atoms with Crippen LogP contribution in [0, 0.1) is 12.7 Å². The topological polar surface area (TPSA) is 105 Å². The van der Waals surface area contributed by atoms with E-state index in [-0.39, 0.29) is 30.1 Å². The molecule has 0 aliphatic carbocycles. The van der Waals surface area contributed by atoms with Crippen LogP contribution in [0.1, 0.15) is 42.1 Å². The lowest BCUT2D eigenvalue weighted by Gasteiger charge is -2.35. The highest BCUT2D eigenvalue weighted by Gasteiger charge is 2.28. The summed E-state index contributed by atoms with van der Waals surface area (Å²) in [5, 5.41) is 10.3. The number of piperidine rings is 1. The highest BCUT2D eigenvalue weighted by molar-refractivity contribution is 5.87. The second-order valence-corrected chi connectivity index (χ2v) is 9.99. The van der Waals surface area contributed by atoms with Crippen LogP contribution in [0.15, 0.2) is 60.9 Å². The molecule has 3 heterocycles. The third-order valence-electron chi connectivity index (χ3n) is 7.12. The summed E-state index contributed by atoms with van der Waals surface area (Å²) >= 11 is 0. The molecule has 2 aromatic carbocycles. The third kappa shape index (κ3) is 6.22. The number of amides is 2. The van der Waals surface area contributed by atoms with E-state index in [1.165, 1.54) is 30.9 Å². The molecule has 0 spiro atoms. The molecule has 2 aromatic heterocycles. The highest BCUT2D eigenvalue weighted by atomic mass is 19.1. The fourth-order valence-corrected chi connectivity index (χ4v) is 5.15. The summed E-state index contributed by atoms with van der Waals surface area (Å²) in [7, 11) is 0. The van der Waals surface area contributed by atoms with Crippen molar-refractivity contribution in [2.24, 2.45) is 0 Å². The van der Waals surface area contributed by atoms with Crippen LogP contribution in [0.2, 0.25) is 0 Å². The van der Waals surface area contributed by atoms with Crippen molar-refractivity contribution < 1.29 is 14.0 Å². The summed E-state index contributed by atoms with van der Waals surface area (Å²) in [5.74, 6) is 0.675. The van der Waals surface area contributed by atoms with Crippen LogP contribution < -0.4 is 15.5 Å². The smallest absolute Gasteiger partial charge is 0.254 e. The SMILES string of the molecule is CC(=O)N[C@@H](Cc1ccc(F)cc1)C(=O)NC1CCN(c2c(Cc3ccccc3)c(C)nc3ncnn23)CC1. The minimum atomic E-state index is -0.735. The lowest BCUT2D eigenvalue weighted by atomic mass is 10.00. The molecule has 39 heavy (non-hydrogen) atoms. The normalized spacial score (nSPS) is 14.8. The van der Waals surface area contributed by atoms with Crippen LogP contribution in [0.3, 0.4) is 0 Å². The third-order valence-corrected chi connectivity index (χ3v) is 7.12. The van der Waals surface area contributed by atoms with Gasteiger partial charge in [0.25, 0.3) is 5.78 Å². The number of carbonyl (C=O) groups is 2. The van der Waals surface area contributed by atoms with Gasteiger partial charge in [0, 0.05) is 50.2 Å². The van der Waals surface area contributed by atoms with Gasteiger partial charge in [-0.1, -0.05) is 42.5 Å². The number of carbonyl (C=O) groups excluding carboxylic acids is 2. The first-order chi connectivity index (χ1) is 18.9. The summed E-state index contributed by atoms with van der Waals surface area (Å²) in [4.78, 5) is 36.3. The maximum absolute atomic E-state index is 13.3. The van der Waals surface area contributed by atoms with Gasteiger partial charge in [-0.2, -0.15) is 14.6 Å². The van der Waals surface area contributed by atoms with E-state index in [0.717, 1.165) is 41.9 Å². The average molecular weight is 530 g/mol. The Balaban J connectivity index is 1.29. The number of nitrogens with one attached hydrogen (secondary N) is 2. The highest BCUT2D eigenvalue weighted by Crippen LogP contribution is 2.28. The number of rotatable bonds is 8. The molecule has 1 atom stereocenters. The molecule has 2 N–H and O–H groups in total. The van der Waals surface area contributed by atoms with Gasteiger partial charge in [-0.25, -0.2) is 9.37 Å². The van der Waals surface area contributed by atoms with Crippen LogP contribution in [0.5, 0.6) is 0 Å². The van der Waals surface area contributed by atoms with Crippen molar-refractivity contribution in [1.29, 1.82) is 0 Å². The van der Waals surface area contributed by atoms with Crippen molar-refractivity contribution in [3.05, 3.63) is 89.1 Å². The number of fused-ring (bicyclic) bond motifs is 1. The lowest BCUT2D eigenvalue weighted by molar-refractivity contribution is -0.128. The minimum Gasteiger partial charge on any atom is -0.356 e. The number of aryl methyl sites for hydroxylation is 1. The molecule has 0 saturated carbocycles. The van der Waals surface area contributed by atoms with Gasteiger partial charge in [-0.15, -0.1) is 0 Å². The molecule has 10 heteroatoms. The summed E-state index contributed by atoms with van der Waals surface area (Å²) in [6.07, 6.45) is 4.00. The predicted octanol–water partition coefficient (Wildman–Crippen LogP) is 3.00. The molecule has 9 nitrogen and oxygen atoms in total. The molecule has 1 saturated heterocycles. The summed E-state index contributed by atoms with van der Waals surface area (Å²) in [6, 6.07) is 15.5. The zero-order valence-corrected chi connectivity index (χ0v) is 22.1. The Bertz CT molecular complexity index is 1450. The molecule has 0 radical (unpaired) electrons. The fourth-order valence-electron chi connectivity index (χ4n) is 5.15. The number of aromatic nitrogens is 4. The van der Waals surface area contributed by atoms with E-state index >= 15 is 0 Å². The van der Waals surface area contributed by atoms with Crippen LogP contribution in [0.4, 0.5) is 10.2 Å². The Hall–Kier alpha value is -4.34. The Labute approximate surface area is 226 Å². The van der Waals surface area contributed by atoms with Crippen molar-refractivity contribution >= 4 is 23.4 Å². The first-order valence-electron chi connectivity index (χ1n) is 13.2. The summed E-state index contributed by atoms with van der Waals surface area (Å²) in [6.45, 7) is 4.83. The number of halogens is 1. The maximum atomic E-state index is 13.3. The minimum absolute atomic E-state index is 0.0371. The van der Waals surface area contributed by atoms with Gasteiger partial charge in [0.15, 0.2) is 0 Å². The number of nitrogens with zero attached hydrogens (tertiary/aromatic N) is 5. The van der Waals surface area contributed by atoms with E-state index in [9.17, 15) is 14.0 Å². The molecule has 202 valence electrons. The van der Waals surface area contributed by atoms with E-state index in [1.807, 2.05) is 25.1 Å². The van der Waals surface area contributed by atoms with Gasteiger partial charge >= 0.3 is 0 Å². The summed E-state index contributed by atoms with van der Waals surface area (Å²) < 4.78 is 15.1. The van der Waals surface area contributed by atoms with Crippen molar-refractivity contribution in [3.63, 3.8) is 0 Å². The van der Waals surface area contributed by atoms with Gasteiger partial charge in [0.1, 0.15) is 24.0 Å². The molecule has 4 aromatic rings. The average Bonchev–Trinajstić information content (AvgIpc) is 3.39. The summed E-state index contributed by atoms with van der Waals surface area (Å²) in [5.41, 5.74) is 3.99. The molecular weight excluding hydrogens is 497 g/mol. The van der Waals surface area contributed by atoms with Crippen LogP contribution in [-0.4, -0.2) is 56.6 Å². The number of benzene rings is 2. The van der Waals surface area contributed by atoms with Crippen molar-refractivity contribution in [2.75, 3.05) is 18.0 Å². The molecule has 5 rings (SSSR count). The maximum Gasteiger partial charge on any atom is 0.254 e. The predicted molar refractivity (Wildman–Crippen MR) is 146 cm³/mol. The van der Waals surface area contributed by atoms with E-state index in [2.05, 4.69) is 42.7 Å². The van der Waals surface area contributed by atoms with Crippen LogP contribution >= 0.6 is 0 Å². The van der Waals surface area contributed by atoms with Crippen molar-refractivity contribution in [2.45, 2.75) is 51.6 Å². The first-order valence-corrected chi connectivity index (χ1v) is 13.2. The largest absolute Gasteiger partial charge is 0.356 e. The molecule has 1 aliphatic heterocycles. The van der Waals surface area contributed by atoms with Gasteiger partial charge in [-0.3, -0.25) is 9.59 Å². The zero-order valence-electron chi connectivity index (χ0n) is 22.1. The molecule has 1 fully saturated rings. The molecular formula is C29H32FN7O2. The number of hydrogen-bond acceptors (Lipinski definition) is 6. The molecule has 1 aliphatic rings. The van der Waals surface area contributed by atoms with Crippen molar-refractivity contribution in [1.82, 2.24) is 30.2 Å². The zero-order chi connectivity index (χ0) is 27.4. The second-order valence-electron chi connectivity index (χ2n) is 9.99. The Morgan fingerprint density at radius 1 is 1.05 bits per heavy atom. The monoisotopic (exact) mass is 529 g/mol. The van der Waals surface area contributed by atoms with Gasteiger partial charge in [0.05, 0.1) is 0 Å². The van der Waals surface area contributed by atoms with Crippen LogP contribution in [0.25, 0.3) is 5.78 Å². The number of hydrogen-bond donors (Lipinski definition) is 2. The van der Waals surface area contributed by atoms with E-state index in [4.69, 9.17) is 0 Å². The first kappa shape index (κ1) is 26.3. The van der Waals surface area contributed by atoms with Crippen LogP contribution in [-0.2, 0) is 22.4 Å². The molecule has 0 unspecified atom stereocenters. The fraction of sp³-hybridized carbons (Fsp3) is 0.345. The van der Waals surface area contributed by atoms with Crippen molar-refractivity contribution in [3.8, 4) is 0 Å². The standard InChI is InChI=1S/C29H32FN7O2/c1-19-25(16-21-6-4-3-5-7-21)28(37-29(33-19)31-18-32-37)36-14-12-24(13-15-36)35-27(39)26(34-20(2)38)17-22-8-10-23(30)11-9-22/h3-11,18,24,26H,12-17H2,1-2H3,(H,34,38)(H,35,39)/t26-/m0/s1. The Kier molecular flexibility index (Phi) is 7.81. The van der Waals surface area contributed by atoms with Gasteiger partial charge < -0.3 is 15.5 Å². The Morgan fingerprint density at radius 3 is 2.46 bits per heavy atom. The quantitative estimate of drug-likeness (QED) is 0.364. The molecule has 2 amide bonds. The Morgan fingerprint density at radius 2 is 1.77 bits per heavy atom. The van der Waals surface area contributed by atoms with E-state index in [0.29, 0.717) is 18.9 Å². The lowest BCUT2D eigenvalue weighted by Crippen LogP contribution is -2.52. The molecule has 0 bridgehead atoms. The van der Waals surface area contributed by atoms with E-state index in [1.54, 1.807) is 16.6 Å². The van der Waals surface area contributed by atoms with Gasteiger partial charge in [-0.05, 0) is 43.0 Å². The number of anilines is 1. The van der Waals surface area contributed by atoms with E-state index < -0.39 is 6.04 Å². The van der Waals surface area contributed by atoms with Gasteiger partial charge in [0.2, 0.25) is 11.8 Å².